The standard InChI is InChI=1S/C30H27NO2/c1-21-3-9-24(10-4-21)29(25-11-5-22(2)6-12-25)26-13-15-27(16-14-26)30(33)31-20-19-23-7-17-28(32)18-8-23/h3-18,32H,1,19-20H2,2H3,(H,31,33). The molecule has 0 spiro atoms. The molecule has 4 aromatic rings. The summed E-state index contributed by atoms with van der Waals surface area (Å²) in [5, 5.41) is 14.4. The van der Waals surface area contributed by atoms with Gasteiger partial charge in [0, 0.05) is 12.1 Å². The number of hydrogen-bond donors (Lipinski definition) is 2. The van der Waals surface area contributed by atoms with Crippen LogP contribution in [0.25, 0.3) is 12.2 Å². The lowest BCUT2D eigenvalue weighted by molar-refractivity contribution is 0.0954. The van der Waals surface area contributed by atoms with Crippen LogP contribution in [0.5, 0.6) is 5.75 Å². The van der Waals surface area contributed by atoms with Gasteiger partial charge in [-0.15, -0.1) is 0 Å². The molecule has 4 rings (SSSR count). The Kier molecular flexibility index (Phi) is 6.70. The number of phenolic OH excluding ortho intramolecular Hbond substituents is 1. The average molecular weight is 434 g/mol. The van der Waals surface area contributed by atoms with Crippen molar-refractivity contribution in [3.8, 4) is 5.75 Å². The van der Waals surface area contributed by atoms with E-state index >= 15 is 0 Å². The zero-order valence-electron chi connectivity index (χ0n) is 18.7. The number of phenols is 1. The zero-order valence-corrected chi connectivity index (χ0v) is 18.7. The van der Waals surface area contributed by atoms with E-state index in [4.69, 9.17) is 0 Å². The van der Waals surface area contributed by atoms with Gasteiger partial charge in [-0.2, -0.15) is 0 Å². The summed E-state index contributed by atoms with van der Waals surface area (Å²) in [6.45, 7) is 6.60. The molecule has 0 aliphatic heterocycles. The molecule has 0 radical (unpaired) electrons. The number of aryl methyl sites for hydroxylation is 1. The van der Waals surface area contributed by atoms with Gasteiger partial charge in [0.05, 0.1) is 0 Å². The molecule has 0 unspecified atom stereocenters. The first-order valence-electron chi connectivity index (χ1n) is 11.0. The number of carbonyl (C=O) groups is 1. The molecule has 4 aromatic carbocycles. The van der Waals surface area contributed by atoms with Gasteiger partial charge in [0.25, 0.3) is 5.91 Å². The highest BCUT2D eigenvalue weighted by Crippen LogP contribution is 2.22. The maximum Gasteiger partial charge on any atom is 0.251 e. The Morgan fingerprint density at radius 3 is 1.91 bits per heavy atom. The number of rotatable bonds is 6. The van der Waals surface area contributed by atoms with E-state index in [1.165, 1.54) is 5.56 Å². The van der Waals surface area contributed by atoms with Gasteiger partial charge in [-0.25, -0.2) is 0 Å². The molecule has 3 nitrogen and oxygen atoms in total. The topological polar surface area (TPSA) is 49.3 Å². The zero-order chi connectivity index (χ0) is 23.2. The van der Waals surface area contributed by atoms with Crippen LogP contribution in [0, 0.1) is 6.92 Å². The van der Waals surface area contributed by atoms with Gasteiger partial charge in [0.15, 0.2) is 0 Å². The summed E-state index contributed by atoms with van der Waals surface area (Å²) in [4.78, 5) is 12.6. The smallest absolute Gasteiger partial charge is 0.251 e. The first-order valence-corrected chi connectivity index (χ1v) is 11.0. The third kappa shape index (κ3) is 5.58. The first kappa shape index (κ1) is 22.1. The van der Waals surface area contributed by atoms with Crippen LogP contribution in [0.3, 0.4) is 0 Å². The van der Waals surface area contributed by atoms with Crippen LogP contribution in [0.2, 0.25) is 0 Å². The molecule has 2 N–H and O–H groups in total. The van der Waals surface area contributed by atoms with Crippen LogP contribution >= 0.6 is 0 Å². The monoisotopic (exact) mass is 433 g/mol. The Morgan fingerprint density at radius 2 is 1.30 bits per heavy atom. The lowest BCUT2D eigenvalue weighted by atomic mass is 9.94. The second kappa shape index (κ2) is 10.0. The fourth-order valence-electron chi connectivity index (χ4n) is 3.76. The van der Waals surface area contributed by atoms with Gasteiger partial charge in [0.1, 0.15) is 5.75 Å². The molecule has 0 aliphatic rings. The minimum atomic E-state index is -0.0985. The quantitative estimate of drug-likeness (QED) is 0.476. The lowest BCUT2D eigenvalue weighted by Crippen LogP contribution is -2.25. The fraction of sp³-hybridized carbons (Fsp3) is 0.100. The predicted molar refractivity (Wildman–Crippen MR) is 135 cm³/mol. The molecular weight excluding hydrogens is 406 g/mol. The molecule has 164 valence electrons. The number of hydrogen-bond acceptors (Lipinski definition) is 2. The van der Waals surface area contributed by atoms with Gasteiger partial charge >= 0.3 is 0 Å². The van der Waals surface area contributed by atoms with Crippen molar-refractivity contribution >= 4 is 18.1 Å². The van der Waals surface area contributed by atoms with Crippen molar-refractivity contribution in [2.45, 2.75) is 13.3 Å². The van der Waals surface area contributed by atoms with Gasteiger partial charge in [0.2, 0.25) is 0 Å². The van der Waals surface area contributed by atoms with Gasteiger partial charge in [-0.3, -0.25) is 4.79 Å². The van der Waals surface area contributed by atoms with Crippen LogP contribution in [0.15, 0.2) is 97.1 Å². The second-order valence-electron chi connectivity index (χ2n) is 8.19. The van der Waals surface area contributed by atoms with Crippen LogP contribution in [0.1, 0.15) is 32.6 Å². The van der Waals surface area contributed by atoms with E-state index in [1.54, 1.807) is 12.1 Å². The summed E-state index contributed by atoms with van der Waals surface area (Å²) in [5.74, 6) is 0.144. The molecule has 0 saturated carbocycles. The Labute approximate surface area is 194 Å². The third-order valence-electron chi connectivity index (χ3n) is 5.65. The lowest BCUT2D eigenvalue weighted by Gasteiger charge is -2.11. The third-order valence-corrected chi connectivity index (χ3v) is 5.65. The van der Waals surface area contributed by atoms with Crippen molar-refractivity contribution in [2.24, 2.45) is 0 Å². The minimum absolute atomic E-state index is 0.0985. The highest BCUT2D eigenvalue weighted by atomic mass is 16.3. The summed E-state index contributed by atoms with van der Waals surface area (Å²) in [6.07, 6.45) is 0.706. The van der Waals surface area contributed by atoms with E-state index in [1.807, 2.05) is 48.5 Å². The molecule has 0 aromatic heterocycles. The van der Waals surface area contributed by atoms with Crippen molar-refractivity contribution in [1.29, 1.82) is 0 Å². The number of amides is 1. The molecule has 1 amide bonds. The van der Waals surface area contributed by atoms with E-state index in [0.29, 0.717) is 18.5 Å². The van der Waals surface area contributed by atoms with E-state index < -0.39 is 0 Å². The van der Waals surface area contributed by atoms with E-state index in [0.717, 1.165) is 32.7 Å². The van der Waals surface area contributed by atoms with Crippen LogP contribution in [0.4, 0.5) is 0 Å². The first-order chi connectivity index (χ1) is 16.0. The average Bonchev–Trinajstić information content (AvgIpc) is 2.83. The summed E-state index contributed by atoms with van der Waals surface area (Å²) >= 11 is 0. The number of aromatic hydroxyl groups is 1. The SMILES string of the molecule is C=c1ccc(=C(c2ccc(C)cc2)c2ccc(C(=O)NCCc3ccc(O)cc3)cc2)cc1. The molecule has 0 fully saturated rings. The van der Waals surface area contributed by atoms with E-state index in [2.05, 4.69) is 55.2 Å². The van der Waals surface area contributed by atoms with Crippen LogP contribution in [-0.2, 0) is 6.42 Å². The van der Waals surface area contributed by atoms with E-state index in [9.17, 15) is 9.90 Å². The Bertz CT molecular complexity index is 1330. The highest BCUT2D eigenvalue weighted by molar-refractivity contribution is 5.94. The van der Waals surface area contributed by atoms with Crippen LogP contribution < -0.4 is 15.8 Å². The molecule has 0 atom stereocenters. The molecule has 0 heterocycles. The number of nitrogens with one attached hydrogen (secondary N) is 1. The fourth-order valence-corrected chi connectivity index (χ4v) is 3.76. The van der Waals surface area contributed by atoms with Crippen molar-refractivity contribution in [1.82, 2.24) is 5.32 Å². The van der Waals surface area contributed by atoms with Gasteiger partial charge in [-0.1, -0.05) is 84.9 Å². The molecule has 33 heavy (non-hydrogen) atoms. The Hall–Kier alpha value is -4.11. The summed E-state index contributed by atoms with van der Waals surface area (Å²) in [6, 6.07) is 31.5. The van der Waals surface area contributed by atoms with Gasteiger partial charge in [-0.05, 0) is 70.3 Å². The molecule has 0 saturated heterocycles. The normalized spacial score (nSPS) is 10.6. The number of carbonyl (C=O) groups excluding carboxylic acids is 1. The van der Waals surface area contributed by atoms with Crippen molar-refractivity contribution in [2.75, 3.05) is 6.54 Å². The van der Waals surface area contributed by atoms with Crippen molar-refractivity contribution < 1.29 is 9.90 Å². The maximum atomic E-state index is 12.6. The summed E-state index contributed by atoms with van der Waals surface area (Å²) < 4.78 is 0. The number of benzene rings is 4. The van der Waals surface area contributed by atoms with E-state index in [-0.39, 0.29) is 11.7 Å². The minimum Gasteiger partial charge on any atom is -0.508 e. The summed E-state index contributed by atoms with van der Waals surface area (Å²) in [7, 11) is 0. The second-order valence-corrected chi connectivity index (χ2v) is 8.19. The van der Waals surface area contributed by atoms with Gasteiger partial charge < -0.3 is 10.4 Å². The Morgan fingerprint density at radius 1 is 0.758 bits per heavy atom. The highest BCUT2D eigenvalue weighted by Gasteiger charge is 2.09. The maximum absolute atomic E-state index is 12.6. The molecule has 3 heteroatoms. The molecular formula is C30H27NO2. The van der Waals surface area contributed by atoms with Crippen LogP contribution in [-0.4, -0.2) is 17.6 Å². The van der Waals surface area contributed by atoms with Crippen molar-refractivity contribution in [3.63, 3.8) is 0 Å². The van der Waals surface area contributed by atoms with Crippen molar-refractivity contribution in [3.05, 3.63) is 135 Å². The predicted octanol–water partition coefficient (Wildman–Crippen LogP) is 4.33. The molecule has 0 bridgehead atoms. The summed E-state index contributed by atoms with van der Waals surface area (Å²) in [5.41, 5.74) is 6.20. The molecule has 0 aliphatic carbocycles. The largest absolute Gasteiger partial charge is 0.508 e. The Balaban J connectivity index is 1.55.